The van der Waals surface area contributed by atoms with E-state index in [1.807, 2.05) is 26.0 Å². The van der Waals surface area contributed by atoms with Crippen LogP contribution in [0.3, 0.4) is 0 Å². The summed E-state index contributed by atoms with van der Waals surface area (Å²) >= 11 is 0. The van der Waals surface area contributed by atoms with Crippen molar-refractivity contribution in [1.29, 1.82) is 0 Å². The van der Waals surface area contributed by atoms with Crippen molar-refractivity contribution < 1.29 is 4.39 Å². The number of rotatable bonds is 2. The van der Waals surface area contributed by atoms with Crippen molar-refractivity contribution in [3.8, 4) is 11.1 Å². The third-order valence-electron chi connectivity index (χ3n) is 3.70. The third-order valence-corrected chi connectivity index (χ3v) is 3.70. The highest BCUT2D eigenvalue weighted by molar-refractivity contribution is 5.65. The van der Waals surface area contributed by atoms with Gasteiger partial charge in [0.2, 0.25) is 0 Å². The molecule has 0 saturated carbocycles. The lowest BCUT2D eigenvalue weighted by Crippen LogP contribution is -2.10. The maximum absolute atomic E-state index is 13.8. The third kappa shape index (κ3) is 3.09. The maximum atomic E-state index is 13.8. The first-order chi connectivity index (χ1) is 9.29. The Morgan fingerprint density at radius 2 is 1.40 bits per heavy atom. The van der Waals surface area contributed by atoms with Gasteiger partial charge in [-0.3, -0.25) is 0 Å². The van der Waals surface area contributed by atoms with Crippen LogP contribution >= 0.6 is 0 Å². The number of hydrogen-bond acceptors (Lipinski definition) is 0. The Balaban J connectivity index is 2.40. The Kier molecular flexibility index (Phi) is 3.99. The Morgan fingerprint density at radius 3 is 1.90 bits per heavy atom. The van der Waals surface area contributed by atoms with Gasteiger partial charge in [-0.1, -0.05) is 65.0 Å². The minimum Gasteiger partial charge on any atom is -0.207 e. The molecule has 0 amide bonds. The summed E-state index contributed by atoms with van der Waals surface area (Å²) < 4.78 is 13.8. The van der Waals surface area contributed by atoms with Crippen LogP contribution in [0.2, 0.25) is 0 Å². The van der Waals surface area contributed by atoms with Crippen molar-refractivity contribution in [2.24, 2.45) is 0 Å². The molecule has 0 nitrogen and oxygen atoms in total. The molecule has 0 aliphatic carbocycles. The molecule has 0 aliphatic heterocycles. The fourth-order valence-corrected chi connectivity index (χ4v) is 2.33. The summed E-state index contributed by atoms with van der Waals surface area (Å²) in [7, 11) is 0. The van der Waals surface area contributed by atoms with Crippen LogP contribution in [0.15, 0.2) is 42.5 Å². The maximum Gasteiger partial charge on any atom is 0.126 e. The van der Waals surface area contributed by atoms with Crippen molar-refractivity contribution >= 4 is 0 Å². The lowest BCUT2D eigenvalue weighted by Gasteiger charge is -2.19. The summed E-state index contributed by atoms with van der Waals surface area (Å²) in [5.74, 6) is 0.0823. The predicted octanol–water partition coefficient (Wildman–Crippen LogP) is 5.91. The Bertz CT molecular complexity index is 586. The van der Waals surface area contributed by atoms with Gasteiger partial charge in [0, 0.05) is 0 Å². The van der Waals surface area contributed by atoms with Gasteiger partial charge in [0.15, 0.2) is 0 Å². The Labute approximate surface area is 121 Å². The molecular weight excluding hydrogens is 247 g/mol. The molecule has 2 rings (SSSR count). The molecule has 20 heavy (non-hydrogen) atoms. The fourth-order valence-electron chi connectivity index (χ4n) is 2.33. The summed E-state index contributed by atoms with van der Waals surface area (Å²) in [5, 5.41) is 0. The van der Waals surface area contributed by atoms with Gasteiger partial charge in [0.1, 0.15) is 5.82 Å². The van der Waals surface area contributed by atoms with Crippen molar-refractivity contribution in [1.82, 2.24) is 0 Å². The minimum absolute atomic E-state index is 0.116. The molecule has 0 unspecified atom stereocenters. The van der Waals surface area contributed by atoms with Crippen molar-refractivity contribution in [3.63, 3.8) is 0 Å². The number of halogens is 1. The van der Waals surface area contributed by atoms with Gasteiger partial charge >= 0.3 is 0 Å². The van der Waals surface area contributed by atoms with E-state index in [4.69, 9.17) is 0 Å². The van der Waals surface area contributed by atoms with Crippen LogP contribution in [0, 0.1) is 5.82 Å². The van der Waals surface area contributed by atoms with Crippen LogP contribution in [0.1, 0.15) is 51.7 Å². The molecule has 1 heteroatoms. The first-order valence-corrected chi connectivity index (χ1v) is 7.19. The van der Waals surface area contributed by atoms with E-state index in [0.29, 0.717) is 0 Å². The van der Waals surface area contributed by atoms with E-state index in [1.54, 1.807) is 6.07 Å². The molecule has 0 aromatic heterocycles. The molecular formula is C19H23F. The molecule has 2 aromatic carbocycles. The van der Waals surface area contributed by atoms with E-state index < -0.39 is 0 Å². The first kappa shape index (κ1) is 14.8. The highest BCUT2D eigenvalue weighted by Gasteiger charge is 2.13. The van der Waals surface area contributed by atoms with Gasteiger partial charge in [-0.25, -0.2) is 4.39 Å². The summed E-state index contributed by atoms with van der Waals surface area (Å²) in [4.78, 5) is 0. The van der Waals surface area contributed by atoms with E-state index in [-0.39, 0.29) is 17.2 Å². The molecule has 0 aliphatic rings. The molecule has 2 aromatic rings. The minimum atomic E-state index is -0.116. The van der Waals surface area contributed by atoms with Crippen LogP contribution < -0.4 is 0 Å². The standard InChI is InChI=1S/C19H23F/c1-13(2)17-12-15(8-11-18(17)20)14-6-9-16(10-7-14)19(3,4)5/h6-13H,1-5H3. The van der Waals surface area contributed by atoms with E-state index in [9.17, 15) is 4.39 Å². The van der Waals surface area contributed by atoms with Gasteiger partial charge in [-0.05, 0) is 45.7 Å². The van der Waals surface area contributed by atoms with Crippen LogP contribution in [0.4, 0.5) is 4.39 Å². The largest absolute Gasteiger partial charge is 0.207 e. The lowest BCUT2D eigenvalue weighted by molar-refractivity contribution is 0.590. The second-order valence-corrected chi connectivity index (χ2v) is 6.72. The second-order valence-electron chi connectivity index (χ2n) is 6.72. The molecule has 0 fully saturated rings. The van der Waals surface area contributed by atoms with Crippen LogP contribution in [-0.4, -0.2) is 0 Å². The SMILES string of the molecule is CC(C)c1cc(-c2ccc(C(C)(C)C)cc2)ccc1F. The zero-order valence-corrected chi connectivity index (χ0v) is 13.0. The topological polar surface area (TPSA) is 0 Å². The van der Waals surface area contributed by atoms with Crippen LogP contribution in [0.25, 0.3) is 11.1 Å². The summed E-state index contributed by atoms with van der Waals surface area (Å²) in [6.07, 6.45) is 0. The Morgan fingerprint density at radius 1 is 0.850 bits per heavy atom. The van der Waals surface area contributed by atoms with Gasteiger partial charge in [-0.2, -0.15) is 0 Å². The van der Waals surface area contributed by atoms with Crippen molar-refractivity contribution in [2.75, 3.05) is 0 Å². The molecule has 0 bridgehead atoms. The summed E-state index contributed by atoms with van der Waals surface area (Å²) in [6.45, 7) is 10.7. The average molecular weight is 270 g/mol. The van der Waals surface area contributed by atoms with E-state index in [2.05, 4.69) is 45.0 Å². The molecule has 106 valence electrons. The van der Waals surface area contributed by atoms with Gasteiger partial charge < -0.3 is 0 Å². The molecule has 0 spiro atoms. The molecule has 0 radical (unpaired) electrons. The van der Waals surface area contributed by atoms with Crippen molar-refractivity contribution in [3.05, 3.63) is 59.4 Å². The number of hydrogen-bond donors (Lipinski definition) is 0. The van der Waals surface area contributed by atoms with E-state index in [1.165, 1.54) is 5.56 Å². The highest BCUT2D eigenvalue weighted by Crippen LogP contribution is 2.29. The van der Waals surface area contributed by atoms with Gasteiger partial charge in [0.05, 0.1) is 0 Å². The molecule has 0 heterocycles. The monoisotopic (exact) mass is 270 g/mol. The smallest absolute Gasteiger partial charge is 0.126 e. The lowest BCUT2D eigenvalue weighted by atomic mass is 9.86. The summed E-state index contributed by atoms with van der Waals surface area (Å²) in [5.41, 5.74) is 4.47. The van der Waals surface area contributed by atoms with Crippen LogP contribution in [-0.2, 0) is 5.41 Å². The zero-order valence-electron chi connectivity index (χ0n) is 13.0. The molecule has 0 N–H and O–H groups in total. The van der Waals surface area contributed by atoms with Crippen molar-refractivity contribution in [2.45, 2.75) is 46.0 Å². The average Bonchev–Trinajstić information content (AvgIpc) is 2.38. The number of benzene rings is 2. The first-order valence-electron chi connectivity index (χ1n) is 7.19. The second kappa shape index (κ2) is 5.40. The quantitative estimate of drug-likeness (QED) is 0.636. The predicted molar refractivity (Wildman–Crippen MR) is 84.6 cm³/mol. The summed E-state index contributed by atoms with van der Waals surface area (Å²) in [6, 6.07) is 14.0. The van der Waals surface area contributed by atoms with E-state index in [0.717, 1.165) is 16.7 Å². The Hall–Kier alpha value is -1.63. The molecule has 0 saturated heterocycles. The van der Waals surface area contributed by atoms with Gasteiger partial charge in [0.25, 0.3) is 0 Å². The molecule has 0 atom stereocenters. The zero-order chi connectivity index (χ0) is 14.9. The normalized spacial score (nSPS) is 11.9. The van der Waals surface area contributed by atoms with Gasteiger partial charge in [-0.15, -0.1) is 0 Å². The van der Waals surface area contributed by atoms with E-state index >= 15 is 0 Å². The fraction of sp³-hybridized carbons (Fsp3) is 0.368. The highest BCUT2D eigenvalue weighted by atomic mass is 19.1. The van der Waals surface area contributed by atoms with Crippen LogP contribution in [0.5, 0.6) is 0 Å².